The Kier molecular flexibility index (Phi) is 6.24. The maximum atomic E-state index is 10.2. The average molecular weight is 321 g/mol. The summed E-state index contributed by atoms with van der Waals surface area (Å²) in [7, 11) is 3.29. The molecule has 2 aromatic rings. The van der Waals surface area contributed by atoms with E-state index in [0.717, 1.165) is 21.9 Å². The Morgan fingerprint density at radius 1 is 1.23 bits per heavy atom. The molecule has 0 bridgehead atoms. The van der Waals surface area contributed by atoms with Crippen LogP contribution in [0.4, 0.5) is 0 Å². The van der Waals surface area contributed by atoms with Gasteiger partial charge in [-0.1, -0.05) is 12.1 Å². The number of nitrogens with one attached hydrogen (secondary N) is 1. The van der Waals surface area contributed by atoms with E-state index in [1.807, 2.05) is 35.7 Å². The standard InChI is InChI=1S/C17H23NO3S/c1-12(9-15(19)17-5-4-8-22-17)18-11-13-6-7-14(20-2)10-16(13)21-3/h4-8,10,12,15,18-19H,9,11H2,1-3H3. The van der Waals surface area contributed by atoms with Crippen LogP contribution in [0.25, 0.3) is 0 Å². The highest BCUT2D eigenvalue weighted by molar-refractivity contribution is 7.10. The summed E-state index contributed by atoms with van der Waals surface area (Å²) < 4.78 is 10.6. The van der Waals surface area contributed by atoms with Crippen molar-refractivity contribution in [3.63, 3.8) is 0 Å². The van der Waals surface area contributed by atoms with E-state index in [4.69, 9.17) is 9.47 Å². The zero-order valence-electron chi connectivity index (χ0n) is 13.2. The molecule has 0 amide bonds. The van der Waals surface area contributed by atoms with E-state index in [9.17, 15) is 5.11 Å². The number of ether oxygens (including phenoxy) is 2. The molecule has 2 atom stereocenters. The number of thiophene rings is 1. The molecule has 1 heterocycles. The van der Waals surface area contributed by atoms with Crippen LogP contribution >= 0.6 is 11.3 Å². The summed E-state index contributed by atoms with van der Waals surface area (Å²) >= 11 is 1.59. The number of methoxy groups -OCH3 is 2. The molecule has 0 saturated carbocycles. The van der Waals surface area contributed by atoms with E-state index in [-0.39, 0.29) is 6.04 Å². The van der Waals surface area contributed by atoms with E-state index in [0.29, 0.717) is 13.0 Å². The fourth-order valence-electron chi connectivity index (χ4n) is 2.30. The molecule has 0 saturated heterocycles. The zero-order valence-corrected chi connectivity index (χ0v) is 14.0. The quantitative estimate of drug-likeness (QED) is 0.783. The van der Waals surface area contributed by atoms with Crippen LogP contribution in [0.1, 0.15) is 29.9 Å². The van der Waals surface area contributed by atoms with E-state index in [1.54, 1.807) is 25.6 Å². The fourth-order valence-corrected chi connectivity index (χ4v) is 3.02. The van der Waals surface area contributed by atoms with Crippen molar-refractivity contribution in [1.82, 2.24) is 5.32 Å². The minimum atomic E-state index is -0.416. The van der Waals surface area contributed by atoms with Gasteiger partial charge in [0.05, 0.1) is 20.3 Å². The Hall–Kier alpha value is -1.56. The Morgan fingerprint density at radius 3 is 2.68 bits per heavy atom. The van der Waals surface area contributed by atoms with Gasteiger partial charge < -0.3 is 19.9 Å². The third kappa shape index (κ3) is 4.47. The van der Waals surface area contributed by atoms with Gasteiger partial charge in [0.1, 0.15) is 11.5 Å². The highest BCUT2D eigenvalue weighted by Crippen LogP contribution is 2.25. The number of hydrogen-bond donors (Lipinski definition) is 2. The van der Waals surface area contributed by atoms with Gasteiger partial charge in [0.25, 0.3) is 0 Å². The first-order valence-electron chi connectivity index (χ1n) is 7.29. The molecule has 2 rings (SSSR count). The number of hydrogen-bond acceptors (Lipinski definition) is 5. The van der Waals surface area contributed by atoms with Gasteiger partial charge in [0.2, 0.25) is 0 Å². The third-order valence-corrected chi connectivity index (χ3v) is 4.56. The summed E-state index contributed by atoms with van der Waals surface area (Å²) in [6.07, 6.45) is 0.263. The van der Waals surface area contributed by atoms with Crippen molar-refractivity contribution in [3.8, 4) is 11.5 Å². The van der Waals surface area contributed by atoms with E-state index >= 15 is 0 Å². The smallest absolute Gasteiger partial charge is 0.127 e. The molecule has 1 aromatic heterocycles. The second-order valence-electron chi connectivity index (χ2n) is 5.23. The maximum absolute atomic E-state index is 10.2. The predicted octanol–water partition coefficient (Wildman–Crippen LogP) is 3.37. The van der Waals surface area contributed by atoms with Crippen LogP contribution in [-0.2, 0) is 6.54 Å². The van der Waals surface area contributed by atoms with E-state index in [2.05, 4.69) is 12.2 Å². The Balaban J connectivity index is 1.89. The lowest BCUT2D eigenvalue weighted by atomic mass is 10.1. The van der Waals surface area contributed by atoms with Crippen LogP contribution in [0.3, 0.4) is 0 Å². The first-order valence-corrected chi connectivity index (χ1v) is 8.17. The summed E-state index contributed by atoms with van der Waals surface area (Å²) in [6, 6.07) is 9.92. The molecule has 120 valence electrons. The van der Waals surface area contributed by atoms with Crippen LogP contribution in [-0.4, -0.2) is 25.4 Å². The van der Waals surface area contributed by atoms with Gasteiger partial charge in [-0.2, -0.15) is 0 Å². The lowest BCUT2D eigenvalue weighted by Crippen LogP contribution is -2.27. The largest absolute Gasteiger partial charge is 0.497 e. The van der Waals surface area contributed by atoms with Gasteiger partial charge >= 0.3 is 0 Å². The molecule has 2 unspecified atom stereocenters. The van der Waals surface area contributed by atoms with Crippen LogP contribution < -0.4 is 14.8 Å². The fraction of sp³-hybridized carbons (Fsp3) is 0.412. The van der Waals surface area contributed by atoms with Gasteiger partial charge in [-0.15, -0.1) is 11.3 Å². The van der Waals surface area contributed by atoms with E-state index in [1.165, 1.54) is 0 Å². The van der Waals surface area contributed by atoms with Crippen LogP contribution in [0.5, 0.6) is 11.5 Å². The highest BCUT2D eigenvalue weighted by Gasteiger charge is 2.14. The van der Waals surface area contributed by atoms with Gasteiger partial charge in [0, 0.05) is 29.1 Å². The molecular formula is C17H23NO3S. The molecule has 0 spiro atoms. The van der Waals surface area contributed by atoms with Crippen molar-refractivity contribution >= 4 is 11.3 Å². The molecule has 0 aliphatic heterocycles. The number of aliphatic hydroxyl groups excluding tert-OH is 1. The lowest BCUT2D eigenvalue weighted by molar-refractivity contribution is 0.157. The van der Waals surface area contributed by atoms with Gasteiger partial charge in [-0.25, -0.2) is 0 Å². The minimum absolute atomic E-state index is 0.198. The van der Waals surface area contributed by atoms with Crippen molar-refractivity contribution in [2.24, 2.45) is 0 Å². The third-order valence-electron chi connectivity index (χ3n) is 3.58. The maximum Gasteiger partial charge on any atom is 0.127 e. The zero-order chi connectivity index (χ0) is 15.9. The molecule has 5 heteroatoms. The predicted molar refractivity (Wildman–Crippen MR) is 89.7 cm³/mol. The summed E-state index contributed by atoms with van der Waals surface area (Å²) in [4.78, 5) is 1.01. The van der Waals surface area contributed by atoms with Crippen molar-refractivity contribution in [1.29, 1.82) is 0 Å². The molecule has 22 heavy (non-hydrogen) atoms. The molecule has 1 aromatic carbocycles. The normalized spacial score (nSPS) is 13.6. The molecule has 4 nitrogen and oxygen atoms in total. The summed E-state index contributed by atoms with van der Waals surface area (Å²) in [6.45, 7) is 2.76. The van der Waals surface area contributed by atoms with Crippen molar-refractivity contribution in [2.45, 2.75) is 32.0 Å². The average Bonchev–Trinajstić information content (AvgIpc) is 3.07. The molecular weight excluding hydrogens is 298 g/mol. The lowest BCUT2D eigenvalue weighted by Gasteiger charge is -2.18. The summed E-state index contributed by atoms with van der Waals surface area (Å²) in [5, 5.41) is 15.6. The molecule has 2 N–H and O–H groups in total. The van der Waals surface area contributed by atoms with Crippen molar-refractivity contribution < 1.29 is 14.6 Å². The second kappa shape index (κ2) is 8.17. The Bertz CT molecular complexity index is 571. The van der Waals surface area contributed by atoms with Gasteiger partial charge in [-0.3, -0.25) is 0 Å². The van der Waals surface area contributed by atoms with Crippen molar-refractivity contribution in [3.05, 3.63) is 46.2 Å². The molecule has 0 radical (unpaired) electrons. The minimum Gasteiger partial charge on any atom is -0.497 e. The van der Waals surface area contributed by atoms with E-state index < -0.39 is 6.10 Å². The summed E-state index contributed by atoms with van der Waals surface area (Å²) in [5.74, 6) is 1.58. The number of rotatable bonds is 8. The van der Waals surface area contributed by atoms with Crippen LogP contribution in [0, 0.1) is 0 Å². The Labute approximate surface area is 135 Å². The van der Waals surface area contributed by atoms with Crippen molar-refractivity contribution in [2.75, 3.05) is 14.2 Å². The highest BCUT2D eigenvalue weighted by atomic mass is 32.1. The van der Waals surface area contributed by atoms with Crippen LogP contribution in [0.2, 0.25) is 0 Å². The van der Waals surface area contributed by atoms with Crippen LogP contribution in [0.15, 0.2) is 35.7 Å². The summed E-state index contributed by atoms with van der Waals surface area (Å²) in [5.41, 5.74) is 1.07. The monoisotopic (exact) mass is 321 g/mol. The second-order valence-corrected chi connectivity index (χ2v) is 6.21. The Morgan fingerprint density at radius 2 is 2.05 bits per heavy atom. The van der Waals surface area contributed by atoms with Gasteiger partial charge in [0.15, 0.2) is 0 Å². The first-order chi connectivity index (χ1) is 10.6. The first kappa shape index (κ1) is 16.8. The number of benzene rings is 1. The number of aliphatic hydroxyl groups is 1. The molecule has 0 aliphatic carbocycles. The molecule has 0 aliphatic rings. The topological polar surface area (TPSA) is 50.7 Å². The van der Waals surface area contributed by atoms with Gasteiger partial charge in [-0.05, 0) is 30.9 Å². The SMILES string of the molecule is COc1ccc(CNC(C)CC(O)c2cccs2)c(OC)c1. The molecule has 0 fully saturated rings.